The molecule has 0 bridgehead atoms. The summed E-state index contributed by atoms with van der Waals surface area (Å²) in [6, 6.07) is 10.4. The molecule has 0 aliphatic carbocycles. The normalized spacial score (nSPS) is 16.6. The first-order chi connectivity index (χ1) is 10.5. The van der Waals surface area contributed by atoms with Crippen molar-refractivity contribution in [3.63, 3.8) is 0 Å². The van der Waals surface area contributed by atoms with E-state index in [0.717, 1.165) is 0 Å². The molecule has 0 saturated carbocycles. The monoisotopic (exact) mass is 320 g/mol. The van der Waals surface area contributed by atoms with Crippen LogP contribution in [0.1, 0.15) is 27.7 Å². The molecule has 22 heavy (non-hydrogen) atoms. The van der Waals surface area contributed by atoms with Gasteiger partial charge in [-0.1, -0.05) is 28.9 Å². The van der Waals surface area contributed by atoms with Crippen LogP contribution in [-0.4, -0.2) is 16.9 Å². The number of hydrogen-bond acceptors (Lipinski definition) is 4. The fourth-order valence-electron chi connectivity index (χ4n) is 2.07. The molecule has 1 aliphatic rings. The number of rotatable bonds is 3. The van der Waals surface area contributed by atoms with Crippen LogP contribution >= 0.6 is 11.6 Å². The highest BCUT2D eigenvalue weighted by Gasteiger charge is 2.25. The van der Waals surface area contributed by atoms with Gasteiger partial charge in [0.2, 0.25) is 6.23 Å². The average molecular weight is 321 g/mol. The Hall–Kier alpha value is -2.60. The van der Waals surface area contributed by atoms with Gasteiger partial charge in [-0.15, -0.1) is 0 Å². The Morgan fingerprint density at radius 2 is 2.14 bits per heavy atom. The molecular formula is C15H10ClFN2O3. The summed E-state index contributed by atoms with van der Waals surface area (Å²) in [5.41, 5.74) is 0.928. The van der Waals surface area contributed by atoms with Crippen LogP contribution in [0, 0.1) is 5.82 Å². The molecule has 1 unspecified atom stereocenters. The smallest absolute Gasteiger partial charge is 0.335 e. The van der Waals surface area contributed by atoms with Crippen molar-refractivity contribution in [3.05, 3.63) is 70.0 Å². The van der Waals surface area contributed by atoms with E-state index >= 15 is 0 Å². The number of carbonyl (C=O) groups is 1. The quantitative estimate of drug-likeness (QED) is 0.911. The number of aromatic carboxylic acids is 1. The lowest BCUT2D eigenvalue weighted by atomic mass is 10.1. The Balaban J connectivity index is 1.82. The second kappa shape index (κ2) is 5.65. The van der Waals surface area contributed by atoms with Crippen LogP contribution in [-0.2, 0) is 4.84 Å². The number of nitrogens with zero attached hydrogens (tertiary/aromatic N) is 1. The van der Waals surface area contributed by atoms with E-state index in [0.29, 0.717) is 11.4 Å². The van der Waals surface area contributed by atoms with Crippen molar-refractivity contribution in [2.75, 3.05) is 0 Å². The molecule has 7 heteroatoms. The Labute approximate surface area is 130 Å². The van der Waals surface area contributed by atoms with Crippen LogP contribution in [0.2, 0.25) is 5.02 Å². The lowest BCUT2D eigenvalue weighted by molar-refractivity contribution is 0.0695. The van der Waals surface area contributed by atoms with Gasteiger partial charge in [0.1, 0.15) is 5.82 Å². The van der Waals surface area contributed by atoms with E-state index in [1.165, 1.54) is 24.3 Å². The van der Waals surface area contributed by atoms with Crippen molar-refractivity contribution in [1.82, 2.24) is 5.32 Å². The molecule has 112 valence electrons. The molecule has 0 fully saturated rings. The number of benzene rings is 2. The van der Waals surface area contributed by atoms with Crippen LogP contribution in [0.5, 0.6) is 0 Å². The SMILES string of the molecule is O=C(O)c1cccc(C2=NOC(c3ccc(Cl)cc3F)N2)c1. The molecule has 0 radical (unpaired) electrons. The predicted molar refractivity (Wildman–Crippen MR) is 78.3 cm³/mol. The van der Waals surface area contributed by atoms with Crippen LogP contribution in [0.25, 0.3) is 0 Å². The highest BCUT2D eigenvalue weighted by molar-refractivity contribution is 6.30. The second-order valence-corrected chi connectivity index (χ2v) is 5.06. The molecule has 1 atom stereocenters. The van der Waals surface area contributed by atoms with E-state index in [1.54, 1.807) is 18.2 Å². The zero-order chi connectivity index (χ0) is 15.7. The van der Waals surface area contributed by atoms with Gasteiger partial charge in [0.25, 0.3) is 0 Å². The predicted octanol–water partition coefficient (Wildman–Crippen LogP) is 3.16. The number of carboxylic acids is 1. The third-order valence-electron chi connectivity index (χ3n) is 3.15. The molecule has 2 aromatic rings. The summed E-state index contributed by atoms with van der Waals surface area (Å²) in [5, 5.41) is 16.0. The van der Waals surface area contributed by atoms with Gasteiger partial charge in [-0.25, -0.2) is 9.18 Å². The molecule has 2 N–H and O–H groups in total. The molecule has 0 aromatic heterocycles. The summed E-state index contributed by atoms with van der Waals surface area (Å²) in [6.45, 7) is 0. The Bertz CT molecular complexity index is 779. The number of carboxylic acid groups (broad SMARTS) is 1. The number of hydrogen-bond donors (Lipinski definition) is 2. The molecule has 5 nitrogen and oxygen atoms in total. The van der Waals surface area contributed by atoms with E-state index in [4.69, 9.17) is 21.5 Å². The first-order valence-electron chi connectivity index (χ1n) is 6.33. The first kappa shape index (κ1) is 14.3. The van der Waals surface area contributed by atoms with E-state index in [2.05, 4.69) is 10.5 Å². The number of oxime groups is 1. The third kappa shape index (κ3) is 2.73. The second-order valence-electron chi connectivity index (χ2n) is 4.62. The largest absolute Gasteiger partial charge is 0.478 e. The van der Waals surface area contributed by atoms with Crippen molar-refractivity contribution >= 4 is 23.4 Å². The zero-order valence-electron chi connectivity index (χ0n) is 11.1. The summed E-state index contributed by atoms with van der Waals surface area (Å²) < 4.78 is 13.9. The van der Waals surface area contributed by atoms with Gasteiger partial charge in [0.05, 0.1) is 11.1 Å². The van der Waals surface area contributed by atoms with E-state index in [9.17, 15) is 9.18 Å². The van der Waals surface area contributed by atoms with Gasteiger partial charge in [-0.05, 0) is 30.3 Å². The van der Waals surface area contributed by atoms with Crippen LogP contribution < -0.4 is 5.32 Å². The van der Waals surface area contributed by atoms with E-state index in [-0.39, 0.29) is 16.1 Å². The minimum atomic E-state index is -1.04. The Morgan fingerprint density at radius 1 is 1.32 bits per heavy atom. The van der Waals surface area contributed by atoms with Gasteiger partial charge >= 0.3 is 5.97 Å². The van der Waals surface area contributed by atoms with Gasteiger partial charge in [-0.2, -0.15) is 0 Å². The zero-order valence-corrected chi connectivity index (χ0v) is 11.8. The number of nitrogens with one attached hydrogen (secondary N) is 1. The lowest BCUT2D eigenvalue weighted by Crippen LogP contribution is -2.24. The molecule has 3 rings (SSSR count). The van der Waals surface area contributed by atoms with Gasteiger partial charge in [-0.3, -0.25) is 0 Å². The fraction of sp³-hybridized carbons (Fsp3) is 0.0667. The number of amidine groups is 1. The summed E-state index contributed by atoms with van der Waals surface area (Å²) in [7, 11) is 0. The average Bonchev–Trinajstić information content (AvgIpc) is 2.97. The summed E-state index contributed by atoms with van der Waals surface area (Å²) in [6.07, 6.45) is -0.791. The summed E-state index contributed by atoms with van der Waals surface area (Å²) >= 11 is 5.71. The minimum absolute atomic E-state index is 0.128. The van der Waals surface area contributed by atoms with E-state index < -0.39 is 18.0 Å². The molecule has 2 aromatic carbocycles. The van der Waals surface area contributed by atoms with Crippen molar-refractivity contribution in [2.24, 2.45) is 5.16 Å². The maximum Gasteiger partial charge on any atom is 0.335 e. The molecule has 1 heterocycles. The maximum absolute atomic E-state index is 13.9. The standard InChI is InChI=1S/C15H10ClFN2O3/c16-10-4-5-11(12(17)7-10)14-18-13(19-22-14)8-2-1-3-9(6-8)15(20)21/h1-7,14H,(H,18,19)(H,20,21). The van der Waals surface area contributed by atoms with Crippen LogP contribution in [0.4, 0.5) is 4.39 Å². The van der Waals surface area contributed by atoms with Crippen molar-refractivity contribution < 1.29 is 19.1 Å². The van der Waals surface area contributed by atoms with Crippen LogP contribution in [0.3, 0.4) is 0 Å². The fourth-order valence-corrected chi connectivity index (χ4v) is 2.23. The van der Waals surface area contributed by atoms with Crippen molar-refractivity contribution in [2.45, 2.75) is 6.23 Å². The van der Waals surface area contributed by atoms with Crippen molar-refractivity contribution in [3.8, 4) is 0 Å². The summed E-state index contributed by atoms with van der Waals surface area (Å²) in [5.74, 6) is -1.22. The van der Waals surface area contributed by atoms with E-state index in [1.807, 2.05) is 0 Å². The highest BCUT2D eigenvalue weighted by Crippen LogP contribution is 2.25. The van der Waals surface area contributed by atoms with Gasteiger partial charge < -0.3 is 15.3 Å². The summed E-state index contributed by atoms with van der Waals surface area (Å²) in [4.78, 5) is 16.2. The maximum atomic E-state index is 13.9. The lowest BCUT2D eigenvalue weighted by Gasteiger charge is -2.11. The molecular weight excluding hydrogens is 311 g/mol. The Morgan fingerprint density at radius 3 is 2.86 bits per heavy atom. The first-order valence-corrected chi connectivity index (χ1v) is 6.71. The molecule has 0 spiro atoms. The highest BCUT2D eigenvalue weighted by atomic mass is 35.5. The molecule has 1 aliphatic heterocycles. The van der Waals surface area contributed by atoms with Gasteiger partial charge in [0.15, 0.2) is 5.84 Å². The van der Waals surface area contributed by atoms with Gasteiger partial charge in [0, 0.05) is 10.6 Å². The third-order valence-corrected chi connectivity index (χ3v) is 3.38. The Kier molecular flexibility index (Phi) is 3.68. The van der Waals surface area contributed by atoms with Crippen LogP contribution in [0.15, 0.2) is 47.6 Å². The molecule has 0 amide bonds. The topological polar surface area (TPSA) is 70.9 Å². The van der Waals surface area contributed by atoms with Crippen molar-refractivity contribution in [1.29, 1.82) is 0 Å². The minimum Gasteiger partial charge on any atom is -0.478 e. The molecule has 0 saturated heterocycles. The number of halogens is 2.